The number of carbonyl (C=O) groups excluding carboxylic acids is 1. The molecule has 0 saturated carbocycles. The molecule has 1 unspecified atom stereocenters. The van der Waals surface area contributed by atoms with Gasteiger partial charge in [0.25, 0.3) is 0 Å². The molecule has 6 heteroatoms. The highest BCUT2D eigenvalue weighted by atomic mass is 19.1. The van der Waals surface area contributed by atoms with E-state index in [-0.39, 0.29) is 12.6 Å². The Morgan fingerprint density at radius 3 is 2.95 bits per heavy atom. The number of hydrogen-bond acceptors (Lipinski definition) is 2. The Hall–Kier alpha value is -1.69. The number of aliphatic hydroxyl groups is 1. The fourth-order valence-electron chi connectivity index (χ4n) is 2.28. The lowest BCUT2D eigenvalue weighted by atomic mass is 10.1. The normalized spacial score (nSPS) is 18.9. The molecule has 1 aliphatic heterocycles. The quantitative estimate of drug-likeness (QED) is 0.887. The number of carbonyl (C=O) groups is 1. The van der Waals surface area contributed by atoms with Gasteiger partial charge in [0.05, 0.1) is 6.10 Å². The summed E-state index contributed by atoms with van der Waals surface area (Å²) in [5.41, 5.74) is 0.366. The first kappa shape index (κ1) is 14.7. The molecular weight excluding hydrogens is 266 g/mol. The number of β-amino-alcohol motifs (C(OH)–C–C–N with tert-alkyl or cyclic N) is 1. The molecule has 110 valence electrons. The molecule has 2 N–H and O–H groups in total. The van der Waals surface area contributed by atoms with Crippen LogP contribution in [-0.2, 0) is 6.42 Å². The average molecular weight is 284 g/mol. The molecule has 0 radical (unpaired) electrons. The predicted molar refractivity (Wildman–Crippen MR) is 70.3 cm³/mol. The summed E-state index contributed by atoms with van der Waals surface area (Å²) in [5.74, 6) is -1.22. The first-order valence-electron chi connectivity index (χ1n) is 6.71. The van der Waals surface area contributed by atoms with Gasteiger partial charge in [0.2, 0.25) is 0 Å². The van der Waals surface area contributed by atoms with E-state index in [2.05, 4.69) is 5.32 Å². The molecule has 1 atom stereocenters. The molecule has 2 amide bonds. The Morgan fingerprint density at radius 1 is 1.45 bits per heavy atom. The smallest absolute Gasteiger partial charge is 0.317 e. The minimum absolute atomic E-state index is 0.258. The van der Waals surface area contributed by atoms with Gasteiger partial charge in [0, 0.05) is 25.7 Å². The van der Waals surface area contributed by atoms with Crippen LogP contribution in [0.4, 0.5) is 13.6 Å². The Balaban J connectivity index is 1.79. The molecule has 20 heavy (non-hydrogen) atoms. The van der Waals surface area contributed by atoms with Crippen molar-refractivity contribution in [3.05, 3.63) is 35.4 Å². The highest BCUT2D eigenvalue weighted by molar-refractivity contribution is 5.74. The van der Waals surface area contributed by atoms with Gasteiger partial charge in [-0.2, -0.15) is 0 Å². The van der Waals surface area contributed by atoms with E-state index in [0.717, 1.165) is 12.5 Å². The maximum atomic E-state index is 13.4. The summed E-state index contributed by atoms with van der Waals surface area (Å²) in [6.07, 6.45) is 1.32. The minimum atomic E-state index is -0.613. The molecule has 1 heterocycles. The van der Waals surface area contributed by atoms with E-state index < -0.39 is 17.7 Å². The van der Waals surface area contributed by atoms with Crippen LogP contribution in [0.15, 0.2) is 18.2 Å². The van der Waals surface area contributed by atoms with Crippen LogP contribution in [0.1, 0.15) is 18.4 Å². The summed E-state index contributed by atoms with van der Waals surface area (Å²) in [6, 6.07) is 3.15. The van der Waals surface area contributed by atoms with Gasteiger partial charge in [-0.05, 0) is 30.9 Å². The molecule has 4 nitrogen and oxygen atoms in total. The van der Waals surface area contributed by atoms with Crippen molar-refractivity contribution in [3.8, 4) is 0 Å². The molecule has 1 saturated heterocycles. The molecule has 0 aliphatic carbocycles. The fraction of sp³-hybridized carbons (Fsp3) is 0.500. The zero-order chi connectivity index (χ0) is 14.5. The lowest BCUT2D eigenvalue weighted by molar-refractivity contribution is 0.0843. The predicted octanol–water partition coefficient (Wildman–Crippen LogP) is 1.67. The second-order valence-corrected chi connectivity index (χ2v) is 4.96. The number of rotatable bonds is 3. The fourth-order valence-corrected chi connectivity index (χ4v) is 2.28. The number of amides is 2. The zero-order valence-electron chi connectivity index (χ0n) is 11.1. The molecule has 0 aromatic heterocycles. The topological polar surface area (TPSA) is 52.6 Å². The van der Waals surface area contributed by atoms with E-state index in [4.69, 9.17) is 0 Å². The Labute approximate surface area is 116 Å². The summed E-state index contributed by atoms with van der Waals surface area (Å²) >= 11 is 0. The standard InChI is InChI=1S/C14H18F2N2O2/c15-11-4-3-10(13(16)8-11)5-6-17-14(20)18-7-1-2-12(19)9-18/h3-4,8,12,19H,1-2,5-7,9H2,(H,17,20). The van der Waals surface area contributed by atoms with Crippen molar-refractivity contribution in [2.24, 2.45) is 0 Å². The monoisotopic (exact) mass is 284 g/mol. The number of nitrogens with one attached hydrogen (secondary N) is 1. The molecule has 0 bridgehead atoms. The van der Waals surface area contributed by atoms with Crippen molar-refractivity contribution in [1.82, 2.24) is 10.2 Å². The van der Waals surface area contributed by atoms with Gasteiger partial charge in [-0.1, -0.05) is 6.07 Å². The van der Waals surface area contributed by atoms with Crippen molar-refractivity contribution < 1.29 is 18.7 Å². The summed E-state index contributed by atoms with van der Waals surface area (Å²) in [6.45, 7) is 1.22. The van der Waals surface area contributed by atoms with Gasteiger partial charge in [-0.3, -0.25) is 0 Å². The van der Waals surface area contributed by atoms with Gasteiger partial charge in [-0.25, -0.2) is 13.6 Å². The van der Waals surface area contributed by atoms with E-state index in [9.17, 15) is 18.7 Å². The number of halogens is 2. The zero-order valence-corrected chi connectivity index (χ0v) is 11.1. The number of aliphatic hydroxyl groups excluding tert-OH is 1. The SMILES string of the molecule is O=C(NCCc1ccc(F)cc1F)N1CCCC(O)C1. The second kappa shape index (κ2) is 6.65. The van der Waals surface area contributed by atoms with E-state index in [1.807, 2.05) is 0 Å². The third-order valence-corrected chi connectivity index (χ3v) is 3.37. The summed E-state index contributed by atoms with van der Waals surface area (Å²) in [4.78, 5) is 13.4. The highest BCUT2D eigenvalue weighted by Crippen LogP contribution is 2.11. The number of benzene rings is 1. The van der Waals surface area contributed by atoms with Gasteiger partial charge in [0.15, 0.2) is 0 Å². The van der Waals surface area contributed by atoms with Crippen LogP contribution in [-0.4, -0.2) is 41.8 Å². The summed E-state index contributed by atoms with van der Waals surface area (Å²) in [5, 5.41) is 12.2. The Bertz CT molecular complexity index is 482. The van der Waals surface area contributed by atoms with Gasteiger partial charge < -0.3 is 15.3 Å². The molecule has 2 rings (SSSR count). The third-order valence-electron chi connectivity index (χ3n) is 3.37. The average Bonchev–Trinajstić information content (AvgIpc) is 2.41. The second-order valence-electron chi connectivity index (χ2n) is 4.96. The van der Waals surface area contributed by atoms with Crippen LogP contribution in [0, 0.1) is 11.6 Å². The number of likely N-dealkylation sites (tertiary alicyclic amines) is 1. The van der Waals surface area contributed by atoms with Crippen molar-refractivity contribution in [2.45, 2.75) is 25.4 Å². The van der Waals surface area contributed by atoms with E-state index in [1.54, 1.807) is 4.90 Å². The van der Waals surface area contributed by atoms with E-state index in [1.165, 1.54) is 12.1 Å². The first-order valence-corrected chi connectivity index (χ1v) is 6.71. The van der Waals surface area contributed by atoms with E-state index in [0.29, 0.717) is 31.5 Å². The maximum absolute atomic E-state index is 13.4. The van der Waals surface area contributed by atoms with Crippen molar-refractivity contribution in [3.63, 3.8) is 0 Å². The highest BCUT2D eigenvalue weighted by Gasteiger charge is 2.21. The molecule has 1 fully saturated rings. The Morgan fingerprint density at radius 2 is 2.25 bits per heavy atom. The molecule has 0 spiro atoms. The number of hydrogen-bond donors (Lipinski definition) is 2. The van der Waals surface area contributed by atoms with Crippen molar-refractivity contribution in [2.75, 3.05) is 19.6 Å². The molecular formula is C14H18F2N2O2. The van der Waals surface area contributed by atoms with Gasteiger partial charge >= 0.3 is 6.03 Å². The van der Waals surface area contributed by atoms with Crippen LogP contribution >= 0.6 is 0 Å². The van der Waals surface area contributed by atoms with Gasteiger partial charge in [-0.15, -0.1) is 0 Å². The number of piperidine rings is 1. The van der Waals surface area contributed by atoms with Crippen LogP contribution in [0.5, 0.6) is 0 Å². The van der Waals surface area contributed by atoms with Crippen LogP contribution in [0.3, 0.4) is 0 Å². The van der Waals surface area contributed by atoms with E-state index >= 15 is 0 Å². The van der Waals surface area contributed by atoms with Crippen molar-refractivity contribution in [1.29, 1.82) is 0 Å². The Kier molecular flexibility index (Phi) is 4.89. The van der Waals surface area contributed by atoms with Gasteiger partial charge in [0.1, 0.15) is 11.6 Å². The number of nitrogens with zero attached hydrogens (tertiary/aromatic N) is 1. The first-order chi connectivity index (χ1) is 9.56. The van der Waals surface area contributed by atoms with Crippen LogP contribution < -0.4 is 5.32 Å². The molecule has 1 aliphatic rings. The molecule has 1 aromatic rings. The molecule has 1 aromatic carbocycles. The van der Waals surface area contributed by atoms with Crippen LogP contribution in [0.2, 0.25) is 0 Å². The summed E-state index contributed by atoms with van der Waals surface area (Å²) in [7, 11) is 0. The number of urea groups is 1. The summed E-state index contributed by atoms with van der Waals surface area (Å²) < 4.78 is 26.1. The lowest BCUT2D eigenvalue weighted by Crippen LogP contribution is -2.47. The minimum Gasteiger partial charge on any atom is -0.391 e. The van der Waals surface area contributed by atoms with Crippen LogP contribution in [0.25, 0.3) is 0 Å². The third kappa shape index (κ3) is 3.90. The van der Waals surface area contributed by atoms with Crippen molar-refractivity contribution >= 4 is 6.03 Å². The lowest BCUT2D eigenvalue weighted by Gasteiger charge is -2.30. The maximum Gasteiger partial charge on any atom is 0.317 e. The largest absolute Gasteiger partial charge is 0.391 e.